The van der Waals surface area contributed by atoms with Crippen molar-refractivity contribution in [1.29, 1.82) is 0 Å². The summed E-state index contributed by atoms with van der Waals surface area (Å²) in [5, 5.41) is 46.3. The van der Waals surface area contributed by atoms with E-state index in [0.717, 1.165) is 5.56 Å². The van der Waals surface area contributed by atoms with Crippen molar-refractivity contribution < 1.29 is 24.6 Å². The summed E-state index contributed by atoms with van der Waals surface area (Å²) in [5.41, 5.74) is 2.78. The van der Waals surface area contributed by atoms with Gasteiger partial charge in [-0.1, -0.05) is 12.1 Å². The van der Waals surface area contributed by atoms with Crippen LogP contribution in [-0.2, 0) is 0 Å². The maximum Gasteiger partial charge on any atom is 0.269 e. The fourth-order valence-electron chi connectivity index (χ4n) is 3.40. The van der Waals surface area contributed by atoms with Crippen molar-refractivity contribution in [3.05, 3.63) is 76.3 Å². The number of hydrogen-bond donors (Lipinski definition) is 2. The van der Waals surface area contributed by atoms with E-state index < -0.39 is 4.92 Å². The lowest BCUT2D eigenvalue weighted by atomic mass is 9.95. The largest absolute Gasteiger partial charge is 0.494 e. The van der Waals surface area contributed by atoms with E-state index in [1.54, 1.807) is 24.3 Å². The number of azo groups is 2. The van der Waals surface area contributed by atoms with E-state index in [2.05, 4.69) is 20.5 Å². The normalized spacial score (nSPS) is 12.2. The summed E-state index contributed by atoms with van der Waals surface area (Å²) in [6.45, 7) is 0.0943. The first kappa shape index (κ1) is 26.4. The predicted octanol–water partition coefficient (Wildman–Crippen LogP) is 6.29. The average molecular weight is 494 g/mol. The van der Waals surface area contributed by atoms with E-state index in [-0.39, 0.29) is 24.8 Å². The fourth-order valence-corrected chi connectivity index (χ4v) is 3.40. The number of non-ortho nitro benzene ring substituents is 1. The number of aliphatic hydroxyl groups is 2. The molecular formula is C25H27N5O6. The summed E-state index contributed by atoms with van der Waals surface area (Å²) in [6, 6.07) is 16.3. The molecule has 3 aromatic rings. The number of nitro benzene ring substituents is 1. The van der Waals surface area contributed by atoms with E-state index in [4.69, 9.17) is 14.6 Å². The summed E-state index contributed by atoms with van der Waals surface area (Å²) >= 11 is 0. The third-order valence-electron chi connectivity index (χ3n) is 5.38. The highest BCUT2D eigenvalue weighted by atomic mass is 16.6. The highest BCUT2D eigenvalue weighted by Crippen LogP contribution is 2.41. The van der Waals surface area contributed by atoms with Crippen LogP contribution in [0.3, 0.4) is 0 Å². The number of benzene rings is 3. The first-order valence-corrected chi connectivity index (χ1v) is 11.1. The number of nitrogens with zero attached hydrogens (tertiary/aromatic N) is 5. The van der Waals surface area contributed by atoms with E-state index in [1.807, 2.05) is 12.1 Å². The van der Waals surface area contributed by atoms with E-state index in [1.165, 1.54) is 38.5 Å². The van der Waals surface area contributed by atoms with Crippen molar-refractivity contribution in [2.45, 2.75) is 18.8 Å². The Balaban J connectivity index is 1.80. The van der Waals surface area contributed by atoms with Crippen LogP contribution in [0.5, 0.6) is 11.5 Å². The number of nitro groups is 1. The molecule has 0 bridgehead atoms. The Bertz CT molecular complexity index is 1210. The molecule has 0 aliphatic carbocycles. The van der Waals surface area contributed by atoms with Gasteiger partial charge in [0.05, 0.1) is 30.5 Å². The van der Waals surface area contributed by atoms with Crippen LogP contribution in [0.2, 0.25) is 0 Å². The van der Waals surface area contributed by atoms with E-state index >= 15 is 0 Å². The lowest BCUT2D eigenvalue weighted by molar-refractivity contribution is -0.384. The van der Waals surface area contributed by atoms with Gasteiger partial charge in [0.25, 0.3) is 5.69 Å². The van der Waals surface area contributed by atoms with Gasteiger partial charge < -0.3 is 19.7 Å². The van der Waals surface area contributed by atoms with Gasteiger partial charge in [0, 0.05) is 43.4 Å². The third-order valence-corrected chi connectivity index (χ3v) is 5.38. The van der Waals surface area contributed by atoms with Gasteiger partial charge in [-0.3, -0.25) is 10.1 Å². The predicted molar refractivity (Wildman–Crippen MR) is 134 cm³/mol. The third kappa shape index (κ3) is 6.90. The molecule has 0 amide bonds. The number of rotatable bonds is 12. The van der Waals surface area contributed by atoms with Gasteiger partial charge in [-0.05, 0) is 42.7 Å². The summed E-state index contributed by atoms with van der Waals surface area (Å²) < 4.78 is 10.9. The molecule has 36 heavy (non-hydrogen) atoms. The molecule has 2 N–H and O–H groups in total. The van der Waals surface area contributed by atoms with Gasteiger partial charge in [-0.25, -0.2) is 0 Å². The van der Waals surface area contributed by atoms with Gasteiger partial charge in [0.1, 0.15) is 22.9 Å². The van der Waals surface area contributed by atoms with E-state index in [0.29, 0.717) is 47.1 Å². The molecule has 11 nitrogen and oxygen atoms in total. The fraction of sp³-hybridized carbons (Fsp3) is 0.280. The molecule has 11 heteroatoms. The minimum Gasteiger partial charge on any atom is -0.494 e. The molecule has 1 unspecified atom stereocenters. The van der Waals surface area contributed by atoms with Crippen LogP contribution in [0.1, 0.15) is 24.3 Å². The molecule has 3 aromatic carbocycles. The summed E-state index contributed by atoms with van der Waals surface area (Å²) in [4.78, 5) is 10.3. The zero-order chi connectivity index (χ0) is 25.9. The van der Waals surface area contributed by atoms with Crippen molar-refractivity contribution in [2.75, 3.05) is 27.4 Å². The van der Waals surface area contributed by atoms with Gasteiger partial charge in [0.15, 0.2) is 0 Å². The maximum atomic E-state index is 10.8. The molecule has 0 saturated carbocycles. The van der Waals surface area contributed by atoms with Crippen LogP contribution in [0.4, 0.5) is 28.4 Å². The molecule has 188 valence electrons. The Morgan fingerprint density at radius 1 is 0.833 bits per heavy atom. The number of aliphatic hydroxyl groups excluding tert-OH is 2. The SMILES string of the molecule is COc1cc(N=Nc2ccc([N+](=O)[O-])cc2)c(OC)cc1N=Nc1ccc(C(CO)CCCO)cc1. The summed E-state index contributed by atoms with van der Waals surface area (Å²) in [5.74, 6) is 0.749. The second-order valence-electron chi connectivity index (χ2n) is 7.71. The Hall–Kier alpha value is -4.22. The average Bonchev–Trinajstić information content (AvgIpc) is 2.91. The summed E-state index contributed by atoms with van der Waals surface area (Å²) in [6.07, 6.45) is 1.32. The molecule has 0 aliphatic rings. The Morgan fingerprint density at radius 2 is 1.33 bits per heavy atom. The minimum absolute atomic E-state index is 0.00569. The zero-order valence-electron chi connectivity index (χ0n) is 19.9. The molecular weight excluding hydrogens is 466 g/mol. The molecule has 0 spiro atoms. The lowest BCUT2D eigenvalue weighted by Crippen LogP contribution is -2.04. The van der Waals surface area contributed by atoms with E-state index in [9.17, 15) is 15.2 Å². The Kier molecular flexibility index (Phi) is 9.55. The molecule has 3 rings (SSSR count). The van der Waals surface area contributed by atoms with Crippen LogP contribution in [0, 0.1) is 10.1 Å². The van der Waals surface area contributed by atoms with Gasteiger partial charge in [0.2, 0.25) is 0 Å². The maximum absolute atomic E-state index is 10.8. The number of hydrogen-bond acceptors (Lipinski definition) is 10. The molecule has 1 atom stereocenters. The second kappa shape index (κ2) is 13.0. The minimum atomic E-state index is -0.485. The number of ether oxygens (including phenoxy) is 2. The molecule has 0 radical (unpaired) electrons. The first-order chi connectivity index (χ1) is 17.5. The second-order valence-corrected chi connectivity index (χ2v) is 7.71. The van der Waals surface area contributed by atoms with Crippen molar-refractivity contribution >= 4 is 28.4 Å². The lowest BCUT2D eigenvalue weighted by Gasteiger charge is -2.13. The Labute approximate surface area is 207 Å². The first-order valence-electron chi connectivity index (χ1n) is 11.1. The van der Waals surface area contributed by atoms with Crippen molar-refractivity contribution in [2.24, 2.45) is 20.5 Å². The molecule has 0 aromatic heterocycles. The van der Waals surface area contributed by atoms with Crippen LogP contribution in [0.15, 0.2) is 81.1 Å². The molecule has 0 aliphatic heterocycles. The monoisotopic (exact) mass is 493 g/mol. The van der Waals surface area contributed by atoms with Gasteiger partial charge in [-0.2, -0.15) is 10.2 Å². The topological polar surface area (TPSA) is 152 Å². The van der Waals surface area contributed by atoms with Gasteiger partial charge in [-0.15, -0.1) is 10.2 Å². The van der Waals surface area contributed by atoms with Crippen molar-refractivity contribution in [3.63, 3.8) is 0 Å². The van der Waals surface area contributed by atoms with Crippen LogP contribution in [0.25, 0.3) is 0 Å². The van der Waals surface area contributed by atoms with Crippen molar-refractivity contribution in [1.82, 2.24) is 0 Å². The quantitative estimate of drug-likeness (QED) is 0.172. The smallest absolute Gasteiger partial charge is 0.269 e. The standard InChI is InChI=1S/C25H27N5O6/c1-35-24-15-23(29-27-20-9-11-21(12-10-20)30(33)34)25(36-2)14-22(24)28-26-19-7-5-17(6-8-19)18(16-32)4-3-13-31/h5-12,14-15,18,31-32H,3-4,13,16H2,1-2H3. The number of methoxy groups -OCH3 is 2. The van der Waals surface area contributed by atoms with Crippen molar-refractivity contribution in [3.8, 4) is 11.5 Å². The Morgan fingerprint density at radius 3 is 1.75 bits per heavy atom. The molecule has 0 heterocycles. The molecule has 0 fully saturated rings. The summed E-state index contributed by atoms with van der Waals surface area (Å²) in [7, 11) is 2.98. The van der Waals surface area contributed by atoms with Gasteiger partial charge >= 0.3 is 0 Å². The van der Waals surface area contributed by atoms with Crippen LogP contribution >= 0.6 is 0 Å². The zero-order valence-corrected chi connectivity index (χ0v) is 19.9. The molecule has 0 saturated heterocycles. The highest BCUT2D eigenvalue weighted by Gasteiger charge is 2.13. The highest BCUT2D eigenvalue weighted by molar-refractivity contribution is 5.66. The van der Waals surface area contributed by atoms with Crippen LogP contribution in [-0.4, -0.2) is 42.6 Å². The van der Waals surface area contributed by atoms with Crippen LogP contribution < -0.4 is 9.47 Å².